The van der Waals surface area contributed by atoms with Crippen LogP contribution in [0.1, 0.15) is 39.5 Å². The zero-order valence-electron chi connectivity index (χ0n) is 14.1. The Morgan fingerprint density at radius 3 is 2.48 bits per heavy atom. The van der Waals surface area contributed by atoms with Gasteiger partial charge in [0.1, 0.15) is 23.8 Å². The van der Waals surface area contributed by atoms with Crippen LogP contribution in [-0.2, 0) is 0 Å². The molecule has 2 aliphatic rings. The number of likely N-dealkylation sites (N-methyl/N-ethyl adjacent to an activating group) is 1. The SMILES string of the molecule is CNC1CCCN(C2=C(C#N)C(=C(C#N)C#N)CC(C)(C)C2)C1. The molecule has 1 atom stereocenters. The molecule has 0 aromatic heterocycles. The van der Waals surface area contributed by atoms with Crippen molar-refractivity contribution in [2.75, 3.05) is 20.1 Å². The van der Waals surface area contributed by atoms with Crippen molar-refractivity contribution in [2.24, 2.45) is 5.41 Å². The van der Waals surface area contributed by atoms with E-state index in [9.17, 15) is 15.8 Å². The molecule has 1 heterocycles. The zero-order chi connectivity index (χ0) is 17.0. The summed E-state index contributed by atoms with van der Waals surface area (Å²) in [6.45, 7) is 6.06. The molecule has 0 saturated carbocycles. The van der Waals surface area contributed by atoms with Crippen molar-refractivity contribution in [3.05, 3.63) is 22.4 Å². The molecule has 120 valence electrons. The second-order valence-corrected chi connectivity index (χ2v) is 7.10. The molecule has 0 radical (unpaired) electrons. The molecule has 0 aromatic carbocycles. The highest BCUT2D eigenvalue weighted by atomic mass is 15.2. The highest BCUT2D eigenvalue weighted by Gasteiger charge is 2.35. The average Bonchev–Trinajstić information content (AvgIpc) is 2.55. The lowest BCUT2D eigenvalue weighted by Gasteiger charge is -2.42. The third kappa shape index (κ3) is 3.55. The molecular formula is C18H23N5. The van der Waals surface area contributed by atoms with Crippen LogP contribution < -0.4 is 5.32 Å². The van der Waals surface area contributed by atoms with Gasteiger partial charge in [-0.2, -0.15) is 15.8 Å². The van der Waals surface area contributed by atoms with Crippen LogP contribution in [0.25, 0.3) is 0 Å². The summed E-state index contributed by atoms with van der Waals surface area (Å²) in [7, 11) is 1.97. The lowest BCUT2D eigenvalue weighted by molar-refractivity contribution is 0.205. The molecule has 0 amide bonds. The van der Waals surface area contributed by atoms with E-state index in [1.165, 1.54) is 0 Å². The smallest absolute Gasteiger partial charge is 0.134 e. The summed E-state index contributed by atoms with van der Waals surface area (Å²) in [5, 5.41) is 31.5. The van der Waals surface area contributed by atoms with E-state index in [1.54, 1.807) is 0 Å². The van der Waals surface area contributed by atoms with Crippen LogP contribution in [-0.4, -0.2) is 31.1 Å². The summed E-state index contributed by atoms with van der Waals surface area (Å²) < 4.78 is 0. The van der Waals surface area contributed by atoms with Gasteiger partial charge in [0.25, 0.3) is 0 Å². The molecule has 0 bridgehead atoms. The molecule has 2 rings (SSSR count). The standard InChI is InChI=1S/C18H23N5/c1-18(2)7-15(13(9-19)10-20)16(11-21)17(8-18)23-6-4-5-14(12-23)22-3/h14,22H,4-8,12H2,1-3H3. The Kier molecular flexibility index (Phi) is 5.09. The minimum Gasteiger partial charge on any atom is -0.372 e. The van der Waals surface area contributed by atoms with Crippen LogP contribution in [0.4, 0.5) is 0 Å². The molecule has 1 fully saturated rings. The van der Waals surface area contributed by atoms with Crippen molar-refractivity contribution in [3.8, 4) is 18.2 Å². The third-order valence-corrected chi connectivity index (χ3v) is 4.74. The monoisotopic (exact) mass is 309 g/mol. The van der Waals surface area contributed by atoms with Crippen molar-refractivity contribution in [3.63, 3.8) is 0 Å². The second-order valence-electron chi connectivity index (χ2n) is 7.10. The van der Waals surface area contributed by atoms with Crippen LogP contribution in [0.2, 0.25) is 0 Å². The van der Waals surface area contributed by atoms with Gasteiger partial charge in [-0.25, -0.2) is 0 Å². The first-order valence-electron chi connectivity index (χ1n) is 8.05. The van der Waals surface area contributed by atoms with E-state index >= 15 is 0 Å². The van der Waals surface area contributed by atoms with Crippen molar-refractivity contribution in [2.45, 2.75) is 45.6 Å². The Labute approximate surface area is 138 Å². The highest BCUT2D eigenvalue weighted by Crippen LogP contribution is 2.44. The Morgan fingerprint density at radius 2 is 1.91 bits per heavy atom. The van der Waals surface area contributed by atoms with Crippen LogP contribution in [0, 0.1) is 39.4 Å². The number of nitriles is 3. The van der Waals surface area contributed by atoms with E-state index in [0.29, 0.717) is 23.6 Å². The maximum Gasteiger partial charge on any atom is 0.134 e. The Hall–Kier alpha value is -2.29. The summed E-state index contributed by atoms with van der Waals surface area (Å²) in [6.07, 6.45) is 3.62. The van der Waals surface area contributed by atoms with Gasteiger partial charge in [-0.3, -0.25) is 0 Å². The summed E-state index contributed by atoms with van der Waals surface area (Å²) in [5.41, 5.74) is 2.18. The number of likely N-dealkylation sites (tertiary alicyclic amines) is 1. The predicted octanol–water partition coefficient (Wildman–Crippen LogP) is 2.61. The molecule has 1 N–H and O–H groups in total. The molecule has 0 aromatic rings. The Bertz CT molecular complexity index is 647. The largest absolute Gasteiger partial charge is 0.372 e. The number of hydrogen-bond donors (Lipinski definition) is 1. The molecule has 1 saturated heterocycles. The summed E-state index contributed by atoms with van der Waals surface area (Å²) >= 11 is 0. The molecule has 23 heavy (non-hydrogen) atoms. The van der Waals surface area contributed by atoms with Gasteiger partial charge in [-0.15, -0.1) is 0 Å². The van der Waals surface area contributed by atoms with Gasteiger partial charge in [0.15, 0.2) is 0 Å². The molecular weight excluding hydrogens is 286 g/mol. The predicted molar refractivity (Wildman–Crippen MR) is 87.6 cm³/mol. The first kappa shape index (κ1) is 17.1. The number of nitrogens with one attached hydrogen (secondary N) is 1. The number of nitrogens with zero attached hydrogens (tertiary/aromatic N) is 4. The van der Waals surface area contributed by atoms with Gasteiger partial charge in [0.05, 0.1) is 5.57 Å². The average molecular weight is 309 g/mol. The van der Waals surface area contributed by atoms with Gasteiger partial charge in [0.2, 0.25) is 0 Å². The molecule has 1 aliphatic carbocycles. The van der Waals surface area contributed by atoms with Crippen molar-refractivity contribution in [1.82, 2.24) is 10.2 Å². The normalized spacial score (nSPS) is 23.7. The quantitative estimate of drug-likeness (QED) is 0.792. The maximum atomic E-state index is 9.69. The topological polar surface area (TPSA) is 86.6 Å². The van der Waals surface area contributed by atoms with Crippen LogP contribution >= 0.6 is 0 Å². The zero-order valence-corrected chi connectivity index (χ0v) is 14.1. The molecule has 5 heteroatoms. The number of rotatable bonds is 2. The van der Waals surface area contributed by atoms with E-state index in [1.807, 2.05) is 19.2 Å². The highest BCUT2D eigenvalue weighted by molar-refractivity contribution is 5.57. The second kappa shape index (κ2) is 6.86. The lowest BCUT2D eigenvalue weighted by atomic mass is 9.72. The molecule has 1 aliphatic heterocycles. The summed E-state index contributed by atoms with van der Waals surface area (Å²) in [4.78, 5) is 2.27. The first-order valence-corrected chi connectivity index (χ1v) is 8.05. The van der Waals surface area contributed by atoms with Gasteiger partial charge in [0, 0.05) is 30.4 Å². The van der Waals surface area contributed by atoms with Gasteiger partial charge in [-0.05, 0) is 38.1 Å². The van der Waals surface area contributed by atoms with Gasteiger partial charge in [-0.1, -0.05) is 13.8 Å². The van der Waals surface area contributed by atoms with E-state index < -0.39 is 0 Å². The van der Waals surface area contributed by atoms with E-state index in [-0.39, 0.29) is 11.0 Å². The fourth-order valence-electron chi connectivity index (χ4n) is 3.58. The Balaban J connectivity index is 2.53. The van der Waals surface area contributed by atoms with Crippen LogP contribution in [0.15, 0.2) is 22.4 Å². The van der Waals surface area contributed by atoms with Crippen LogP contribution in [0.5, 0.6) is 0 Å². The minimum atomic E-state index is -0.0590. The van der Waals surface area contributed by atoms with Gasteiger partial charge >= 0.3 is 0 Å². The minimum absolute atomic E-state index is 0.0590. The number of allylic oxidation sites excluding steroid dienone is 4. The Morgan fingerprint density at radius 1 is 1.22 bits per heavy atom. The van der Waals surface area contributed by atoms with E-state index in [2.05, 4.69) is 30.1 Å². The van der Waals surface area contributed by atoms with E-state index in [0.717, 1.165) is 38.0 Å². The maximum absolute atomic E-state index is 9.69. The summed E-state index contributed by atoms with van der Waals surface area (Å²) in [6, 6.07) is 6.63. The van der Waals surface area contributed by atoms with Crippen LogP contribution in [0.3, 0.4) is 0 Å². The lowest BCUT2D eigenvalue weighted by Crippen LogP contribution is -2.45. The third-order valence-electron chi connectivity index (χ3n) is 4.74. The molecule has 5 nitrogen and oxygen atoms in total. The van der Waals surface area contributed by atoms with Gasteiger partial charge < -0.3 is 10.2 Å². The first-order chi connectivity index (χ1) is 11.0. The van der Waals surface area contributed by atoms with E-state index in [4.69, 9.17) is 0 Å². The summed E-state index contributed by atoms with van der Waals surface area (Å²) in [5.74, 6) is 0. The van der Waals surface area contributed by atoms with Crippen molar-refractivity contribution in [1.29, 1.82) is 15.8 Å². The number of piperidine rings is 1. The van der Waals surface area contributed by atoms with Crippen molar-refractivity contribution >= 4 is 0 Å². The fourth-order valence-corrected chi connectivity index (χ4v) is 3.58. The fraction of sp³-hybridized carbons (Fsp3) is 0.611. The molecule has 0 spiro atoms. The van der Waals surface area contributed by atoms with Crippen molar-refractivity contribution < 1.29 is 0 Å². The number of hydrogen-bond acceptors (Lipinski definition) is 5. The molecule has 1 unspecified atom stereocenters.